The lowest BCUT2D eigenvalue weighted by Crippen LogP contribution is -2.44. The second-order valence-electron chi connectivity index (χ2n) is 21.5. The number of ether oxygens (including phenoxy) is 10. The normalized spacial score (nSPS) is 23.3. The first-order valence-corrected chi connectivity index (χ1v) is 29.8. The molecule has 0 unspecified atom stereocenters. The van der Waals surface area contributed by atoms with Crippen LogP contribution in [0.15, 0.2) is 147 Å². The maximum absolute atomic E-state index is 14.6. The van der Waals surface area contributed by atoms with Crippen LogP contribution >= 0.6 is 0 Å². The Labute approximate surface area is 541 Å². The maximum atomic E-state index is 14.6. The molecule has 4 aromatic carbocycles. The van der Waals surface area contributed by atoms with Crippen LogP contribution in [0.1, 0.15) is 49.9 Å². The zero-order chi connectivity index (χ0) is 68.7. The van der Waals surface area contributed by atoms with E-state index in [2.05, 4.69) is 13.2 Å². The Hall–Kier alpha value is -9.12. The minimum Gasteiger partial charge on any atom is -0.464 e. The zero-order valence-electron chi connectivity index (χ0n) is 52.5. The topological polar surface area (TPSA) is 282 Å². The Morgan fingerprint density at radius 3 is 1.10 bits per heavy atom. The quantitative estimate of drug-likeness (QED) is 0.0333. The summed E-state index contributed by atoms with van der Waals surface area (Å²) in [5.41, 5.74) is 3.23. The monoisotopic (exact) mass is 1320 g/mol. The number of carbonyl (C=O) groups is 8. The first-order valence-electron chi connectivity index (χ1n) is 29.8. The van der Waals surface area contributed by atoms with Crippen LogP contribution in [0, 0.1) is 0 Å². The van der Waals surface area contributed by atoms with Crippen molar-refractivity contribution in [1.82, 2.24) is 19.6 Å². The van der Waals surface area contributed by atoms with Crippen LogP contribution < -0.4 is 0 Å². The van der Waals surface area contributed by atoms with Gasteiger partial charge in [-0.05, 0) is 22.3 Å². The highest BCUT2D eigenvalue weighted by Gasteiger charge is 2.49. The minimum atomic E-state index is -1.68. The number of alkyl halides is 4. The fourth-order valence-electron chi connectivity index (χ4n) is 9.75. The predicted molar refractivity (Wildman–Crippen MR) is 326 cm³/mol. The molecule has 12 atom stereocenters. The standard InChI is InChI=1S/2C18H22FNO5.2C15H18FNO5/c1-3-9-23-16-10-20(15(17(16)19)12-24-13(2)21)18(22)25-11-14-7-5-4-6-8-14;1-3-9-23-17-15(19)10-20(16(17)12-24-13(2)21)18(22)25-11-14-7-5-4-6-8-14;1-10(18)21-9-12-14(16)13(19)7-17(12)15(20)22-8-11-5-3-2-4-6-11;1-10(18)21-9-13-14(19)12(16)7-17(13)15(20)22-8-11-5-3-2-4-6-11/h2*3-8,15-17H,1,9-12H2,2H3;2*2-6,12-14,19H,7-9H2,1H3/t15-,16-,17-;15-,16+,17+;12-,13-,14-;12-,13+,14+/m1010/s1. The third-order valence-electron chi connectivity index (χ3n) is 14.5. The summed E-state index contributed by atoms with van der Waals surface area (Å²) in [6.07, 6.45) is -10.4. The molecule has 4 aliphatic heterocycles. The average Bonchev–Trinajstić information content (AvgIpc) is 1.70. The summed E-state index contributed by atoms with van der Waals surface area (Å²) in [7, 11) is 0. The summed E-state index contributed by atoms with van der Waals surface area (Å²) < 4.78 is 107. The van der Waals surface area contributed by atoms with Crippen LogP contribution in [0.4, 0.5) is 36.7 Å². The van der Waals surface area contributed by atoms with E-state index in [0.29, 0.717) is 0 Å². The smallest absolute Gasteiger partial charge is 0.410 e. The number of amides is 4. The van der Waals surface area contributed by atoms with Gasteiger partial charge in [0, 0.05) is 27.7 Å². The molecule has 28 heteroatoms. The zero-order valence-corrected chi connectivity index (χ0v) is 52.5. The van der Waals surface area contributed by atoms with E-state index in [9.17, 15) is 66.1 Å². The van der Waals surface area contributed by atoms with Gasteiger partial charge >= 0.3 is 48.3 Å². The fraction of sp³-hybridized carbons (Fsp3) is 0.455. The molecule has 4 aliphatic rings. The summed E-state index contributed by atoms with van der Waals surface area (Å²) in [5.74, 6) is -2.19. The van der Waals surface area contributed by atoms with Crippen molar-refractivity contribution in [2.45, 2.75) is 127 Å². The van der Waals surface area contributed by atoms with E-state index in [-0.39, 0.29) is 92.2 Å². The number of aliphatic hydroxyl groups excluding tert-OH is 2. The van der Waals surface area contributed by atoms with Crippen molar-refractivity contribution in [1.29, 1.82) is 0 Å². The highest BCUT2D eigenvalue weighted by Crippen LogP contribution is 2.29. The third kappa shape index (κ3) is 24.4. The molecule has 4 saturated heterocycles. The van der Waals surface area contributed by atoms with Crippen molar-refractivity contribution in [3.05, 3.63) is 169 Å². The number of benzene rings is 4. The van der Waals surface area contributed by atoms with Crippen LogP contribution in [-0.2, 0) is 93.0 Å². The molecule has 24 nitrogen and oxygen atoms in total. The van der Waals surface area contributed by atoms with Gasteiger partial charge in [0.05, 0.1) is 51.5 Å². The van der Waals surface area contributed by atoms with Gasteiger partial charge in [-0.3, -0.25) is 38.8 Å². The van der Waals surface area contributed by atoms with Crippen LogP contribution in [0.25, 0.3) is 0 Å². The highest BCUT2D eigenvalue weighted by molar-refractivity contribution is 5.72. The van der Waals surface area contributed by atoms with Gasteiger partial charge in [-0.25, -0.2) is 36.7 Å². The molecular formula is C66H80F4N4O20. The van der Waals surface area contributed by atoms with E-state index in [1.165, 1.54) is 49.6 Å². The van der Waals surface area contributed by atoms with Gasteiger partial charge in [0.1, 0.15) is 102 Å². The Bertz CT molecular complexity index is 2890. The molecule has 0 aromatic heterocycles. The number of hydrogen-bond donors (Lipinski definition) is 2. The Morgan fingerprint density at radius 1 is 0.415 bits per heavy atom. The molecule has 0 spiro atoms. The van der Waals surface area contributed by atoms with E-state index in [1.54, 1.807) is 24.3 Å². The molecule has 8 rings (SSSR count). The van der Waals surface area contributed by atoms with Gasteiger partial charge in [0.25, 0.3) is 0 Å². The molecule has 94 heavy (non-hydrogen) atoms. The van der Waals surface area contributed by atoms with Gasteiger partial charge in [-0.15, -0.1) is 13.2 Å². The molecule has 0 radical (unpaired) electrons. The number of esters is 4. The fourth-order valence-corrected chi connectivity index (χ4v) is 9.75. The number of hydrogen-bond acceptors (Lipinski definition) is 20. The lowest BCUT2D eigenvalue weighted by molar-refractivity contribution is -0.144. The number of rotatable bonds is 22. The SMILES string of the molecule is C=CCO[C@@H]1CN(C(=O)OCc2ccccc2)[C@H](COC(C)=O)[C@H]1F.C=CCO[C@H]1[C@@H](COC(C)=O)N(C(=O)OCc2ccccc2)C[C@@H]1F.CC(=O)OC[C@@H]1[C@@H](F)[C@H](O)CN1C(=O)OCc1ccccc1.CC(=O)OC[C@@H]1[C@H](O)[C@@H](F)CN1C(=O)OCc1ccccc1. The van der Waals surface area contributed by atoms with Crippen LogP contribution in [0.2, 0.25) is 0 Å². The predicted octanol–water partition coefficient (Wildman–Crippen LogP) is 7.50. The van der Waals surface area contributed by atoms with E-state index < -0.39 is 122 Å². The highest BCUT2D eigenvalue weighted by atomic mass is 19.1. The van der Waals surface area contributed by atoms with E-state index >= 15 is 0 Å². The van der Waals surface area contributed by atoms with Crippen LogP contribution in [0.3, 0.4) is 0 Å². The number of β-amino-alcohol motifs (C(OH)–C–C–N with tert-alkyl or cyclic N) is 1. The van der Waals surface area contributed by atoms with Crippen LogP contribution in [0.5, 0.6) is 0 Å². The Balaban J connectivity index is 0.000000227. The van der Waals surface area contributed by atoms with Gasteiger partial charge in [-0.1, -0.05) is 133 Å². The van der Waals surface area contributed by atoms with Gasteiger partial charge in [-0.2, -0.15) is 0 Å². The summed E-state index contributed by atoms with van der Waals surface area (Å²) in [6.45, 7) is 10.8. The average molecular weight is 1330 g/mol. The first kappa shape index (κ1) is 75.6. The minimum absolute atomic E-state index is 0.0224. The summed E-state index contributed by atoms with van der Waals surface area (Å²) >= 11 is 0. The molecule has 512 valence electrons. The number of aliphatic hydroxyl groups is 2. The molecule has 4 fully saturated rings. The van der Waals surface area contributed by atoms with Crippen LogP contribution in [-0.4, -0.2) is 217 Å². The van der Waals surface area contributed by atoms with Crippen molar-refractivity contribution < 1.29 is 113 Å². The molecule has 4 heterocycles. The first-order chi connectivity index (χ1) is 45.0. The van der Waals surface area contributed by atoms with Gasteiger partial charge < -0.3 is 57.6 Å². The summed E-state index contributed by atoms with van der Waals surface area (Å²) in [6, 6.07) is 32.7. The van der Waals surface area contributed by atoms with E-state index in [4.69, 9.17) is 47.4 Å². The Morgan fingerprint density at radius 2 is 0.723 bits per heavy atom. The number of nitrogens with zero attached hydrogens (tertiary/aromatic N) is 4. The number of likely N-dealkylation sites (tertiary alicyclic amines) is 4. The van der Waals surface area contributed by atoms with Crippen molar-refractivity contribution in [2.75, 3.05) is 65.8 Å². The molecule has 0 saturated carbocycles. The second kappa shape index (κ2) is 39.4. The van der Waals surface area contributed by atoms with Gasteiger partial charge in [0.15, 0.2) is 12.3 Å². The van der Waals surface area contributed by atoms with E-state index in [1.807, 2.05) is 97.1 Å². The molecule has 0 bridgehead atoms. The largest absolute Gasteiger partial charge is 0.464 e. The Kier molecular flexibility index (Phi) is 31.7. The second-order valence-corrected chi connectivity index (χ2v) is 21.5. The lowest BCUT2D eigenvalue weighted by Gasteiger charge is -2.26. The lowest BCUT2D eigenvalue weighted by atomic mass is 10.1. The van der Waals surface area contributed by atoms with E-state index in [0.717, 1.165) is 32.1 Å². The van der Waals surface area contributed by atoms with Crippen molar-refractivity contribution in [3.8, 4) is 0 Å². The number of carbonyl (C=O) groups excluding carboxylic acids is 8. The van der Waals surface area contributed by atoms with Gasteiger partial charge in [0.2, 0.25) is 0 Å². The molecule has 0 aliphatic carbocycles. The van der Waals surface area contributed by atoms with Crippen molar-refractivity contribution >= 4 is 48.3 Å². The molecule has 4 amide bonds. The third-order valence-corrected chi connectivity index (χ3v) is 14.5. The van der Waals surface area contributed by atoms with Crippen molar-refractivity contribution in [2.24, 2.45) is 0 Å². The number of halogens is 4. The van der Waals surface area contributed by atoms with Crippen molar-refractivity contribution in [3.63, 3.8) is 0 Å². The maximum Gasteiger partial charge on any atom is 0.410 e. The molecule has 2 N–H and O–H groups in total. The molecule has 4 aromatic rings. The summed E-state index contributed by atoms with van der Waals surface area (Å²) in [5, 5.41) is 19.3. The summed E-state index contributed by atoms with van der Waals surface area (Å²) in [4.78, 5) is 97.1. The molecular weight excluding hydrogens is 1240 g/mol.